The van der Waals surface area contributed by atoms with Gasteiger partial charge < -0.3 is 10.1 Å². The smallest absolute Gasteiger partial charge is 0.262 e. The van der Waals surface area contributed by atoms with E-state index in [1.807, 2.05) is 0 Å². The molecule has 0 radical (unpaired) electrons. The van der Waals surface area contributed by atoms with Crippen LogP contribution in [0.3, 0.4) is 0 Å². The number of halogens is 2. The van der Waals surface area contributed by atoms with Crippen molar-refractivity contribution in [3.63, 3.8) is 0 Å². The van der Waals surface area contributed by atoms with Gasteiger partial charge in [-0.25, -0.2) is 4.39 Å². The number of para-hydroxylation sites is 1. The minimum Gasteiger partial charge on any atom is -0.482 e. The second-order valence-corrected chi connectivity index (χ2v) is 5.20. The molecule has 0 atom stereocenters. The van der Waals surface area contributed by atoms with Crippen molar-refractivity contribution < 1.29 is 13.9 Å². The molecular formula is C18H11ClFN3O2. The number of allylic oxidation sites excluding steroid dienone is 1. The Labute approximate surface area is 148 Å². The van der Waals surface area contributed by atoms with Gasteiger partial charge in [-0.15, -0.1) is 0 Å². The minimum absolute atomic E-state index is 0.0585. The minimum atomic E-state index is -0.546. The second-order valence-electron chi connectivity index (χ2n) is 4.79. The molecule has 0 heterocycles. The highest BCUT2D eigenvalue weighted by Crippen LogP contribution is 2.26. The van der Waals surface area contributed by atoms with E-state index < -0.39 is 11.7 Å². The lowest BCUT2D eigenvalue weighted by atomic mass is 10.1. The molecular weight excluding hydrogens is 345 g/mol. The molecule has 25 heavy (non-hydrogen) atoms. The number of nitrogens with zero attached hydrogens (tertiary/aromatic N) is 2. The largest absolute Gasteiger partial charge is 0.482 e. The maximum Gasteiger partial charge on any atom is 0.262 e. The lowest BCUT2D eigenvalue weighted by Crippen LogP contribution is -2.20. The van der Waals surface area contributed by atoms with Gasteiger partial charge in [-0.3, -0.25) is 4.79 Å². The summed E-state index contributed by atoms with van der Waals surface area (Å²) in [4.78, 5) is 11.8. The highest BCUT2D eigenvalue weighted by atomic mass is 35.5. The molecule has 0 saturated heterocycles. The molecule has 0 bridgehead atoms. The van der Waals surface area contributed by atoms with Crippen LogP contribution in [0.25, 0.3) is 6.08 Å². The molecule has 0 saturated carbocycles. The van der Waals surface area contributed by atoms with E-state index in [4.69, 9.17) is 26.9 Å². The van der Waals surface area contributed by atoms with Gasteiger partial charge in [0, 0.05) is 0 Å². The Balaban J connectivity index is 2.01. The number of carbonyl (C=O) groups is 1. The number of rotatable bonds is 5. The van der Waals surface area contributed by atoms with Crippen molar-refractivity contribution in [2.75, 3.05) is 11.9 Å². The average Bonchev–Trinajstić information content (AvgIpc) is 2.61. The maximum absolute atomic E-state index is 13.5. The Morgan fingerprint density at radius 2 is 1.96 bits per heavy atom. The first-order valence-corrected chi connectivity index (χ1v) is 7.40. The lowest BCUT2D eigenvalue weighted by molar-refractivity contribution is -0.118. The monoisotopic (exact) mass is 355 g/mol. The van der Waals surface area contributed by atoms with Gasteiger partial charge in [-0.2, -0.15) is 10.5 Å². The quantitative estimate of drug-likeness (QED) is 0.823. The molecule has 0 aliphatic carbocycles. The molecule has 0 spiro atoms. The molecule has 0 aromatic heterocycles. The van der Waals surface area contributed by atoms with Crippen LogP contribution in [0.15, 0.2) is 48.0 Å². The first-order chi connectivity index (χ1) is 12.0. The summed E-state index contributed by atoms with van der Waals surface area (Å²) in [5.74, 6) is -0.838. The molecule has 7 heteroatoms. The zero-order valence-electron chi connectivity index (χ0n) is 12.8. The summed E-state index contributed by atoms with van der Waals surface area (Å²) in [6.07, 6.45) is 1.38. The van der Waals surface area contributed by atoms with Crippen molar-refractivity contribution in [2.24, 2.45) is 0 Å². The molecule has 0 fully saturated rings. The molecule has 2 rings (SSSR count). The van der Waals surface area contributed by atoms with E-state index >= 15 is 0 Å². The molecule has 5 nitrogen and oxygen atoms in total. The summed E-state index contributed by atoms with van der Waals surface area (Å²) < 4.78 is 18.8. The number of amides is 1. The van der Waals surface area contributed by atoms with E-state index in [0.717, 1.165) is 0 Å². The van der Waals surface area contributed by atoms with Crippen LogP contribution < -0.4 is 10.1 Å². The normalized spacial score (nSPS) is 9.44. The average molecular weight is 356 g/mol. The van der Waals surface area contributed by atoms with Crippen LogP contribution in [0, 0.1) is 28.5 Å². The standard InChI is InChI=1S/C18H11ClFN3O2/c19-14-8-12(7-13(9-21)10-22)5-6-17(14)25-11-18(24)23-16-4-2-1-3-15(16)20/h1-8H,11H2,(H,23,24). The van der Waals surface area contributed by atoms with Crippen LogP contribution in [-0.2, 0) is 4.79 Å². The molecule has 1 amide bonds. The number of anilines is 1. The zero-order chi connectivity index (χ0) is 18.2. The Morgan fingerprint density at radius 3 is 2.60 bits per heavy atom. The van der Waals surface area contributed by atoms with E-state index in [2.05, 4.69) is 5.32 Å². The lowest BCUT2D eigenvalue weighted by Gasteiger charge is -2.09. The van der Waals surface area contributed by atoms with Crippen molar-refractivity contribution in [3.05, 3.63) is 64.4 Å². The van der Waals surface area contributed by atoms with E-state index in [1.165, 1.54) is 36.4 Å². The first-order valence-electron chi connectivity index (χ1n) is 7.02. The number of nitrogens with one attached hydrogen (secondary N) is 1. The van der Waals surface area contributed by atoms with Crippen molar-refractivity contribution >= 4 is 29.3 Å². The first kappa shape index (κ1) is 18.0. The SMILES string of the molecule is N#CC(C#N)=Cc1ccc(OCC(=O)Nc2ccccc2F)c(Cl)c1. The van der Waals surface area contributed by atoms with E-state index in [1.54, 1.807) is 24.3 Å². The van der Waals surface area contributed by atoms with Gasteiger partial charge in [0.1, 0.15) is 29.3 Å². The molecule has 2 aromatic rings. The zero-order valence-corrected chi connectivity index (χ0v) is 13.5. The number of ether oxygens (including phenoxy) is 1. The maximum atomic E-state index is 13.5. The summed E-state index contributed by atoms with van der Waals surface area (Å²) in [7, 11) is 0. The number of hydrogen-bond donors (Lipinski definition) is 1. The van der Waals surface area contributed by atoms with Crippen molar-refractivity contribution in [1.82, 2.24) is 0 Å². The van der Waals surface area contributed by atoms with E-state index in [-0.39, 0.29) is 28.6 Å². The van der Waals surface area contributed by atoms with Gasteiger partial charge in [0.25, 0.3) is 5.91 Å². The van der Waals surface area contributed by atoms with Gasteiger partial charge in [-0.1, -0.05) is 29.8 Å². The van der Waals surface area contributed by atoms with Gasteiger partial charge in [-0.05, 0) is 35.9 Å². The van der Waals surface area contributed by atoms with E-state index in [9.17, 15) is 9.18 Å². The highest BCUT2D eigenvalue weighted by Gasteiger charge is 2.09. The molecule has 0 unspecified atom stereocenters. The topological polar surface area (TPSA) is 85.9 Å². The van der Waals surface area contributed by atoms with Gasteiger partial charge in [0.2, 0.25) is 0 Å². The summed E-state index contributed by atoms with van der Waals surface area (Å²) in [6.45, 7) is -0.356. The third kappa shape index (κ3) is 5.07. The third-order valence-corrected chi connectivity index (χ3v) is 3.31. The fraction of sp³-hybridized carbons (Fsp3) is 0.0556. The van der Waals surface area contributed by atoms with Gasteiger partial charge in [0.15, 0.2) is 6.61 Å². The number of carbonyl (C=O) groups excluding carboxylic acids is 1. The van der Waals surface area contributed by atoms with Crippen molar-refractivity contribution in [3.8, 4) is 17.9 Å². The second kappa shape index (κ2) is 8.49. The summed E-state index contributed by atoms with van der Waals surface area (Å²) in [5, 5.41) is 20.1. The third-order valence-electron chi connectivity index (χ3n) is 3.01. The van der Waals surface area contributed by atoms with Crippen LogP contribution in [0.4, 0.5) is 10.1 Å². The van der Waals surface area contributed by atoms with Gasteiger partial charge in [0.05, 0.1) is 10.7 Å². The fourth-order valence-electron chi connectivity index (χ4n) is 1.87. The molecule has 0 aliphatic rings. The van der Waals surface area contributed by atoms with Crippen LogP contribution in [0.2, 0.25) is 5.02 Å². The molecule has 1 N–H and O–H groups in total. The molecule has 0 aliphatic heterocycles. The predicted octanol–water partition coefficient (Wildman–Crippen LogP) is 3.93. The van der Waals surface area contributed by atoms with Crippen LogP contribution in [-0.4, -0.2) is 12.5 Å². The van der Waals surface area contributed by atoms with Crippen LogP contribution in [0.5, 0.6) is 5.75 Å². The van der Waals surface area contributed by atoms with E-state index in [0.29, 0.717) is 5.56 Å². The van der Waals surface area contributed by atoms with Crippen LogP contribution in [0.1, 0.15) is 5.56 Å². The van der Waals surface area contributed by atoms with Gasteiger partial charge >= 0.3 is 0 Å². The predicted molar refractivity (Wildman–Crippen MR) is 91.2 cm³/mol. The summed E-state index contributed by atoms with van der Waals surface area (Å²) in [5.41, 5.74) is 0.545. The number of nitriles is 2. The van der Waals surface area contributed by atoms with Crippen LogP contribution >= 0.6 is 11.6 Å². The Kier molecular flexibility index (Phi) is 6.11. The Morgan fingerprint density at radius 1 is 1.24 bits per heavy atom. The number of benzene rings is 2. The Hall–Kier alpha value is -3.35. The van der Waals surface area contributed by atoms with Crippen molar-refractivity contribution in [2.45, 2.75) is 0 Å². The Bertz CT molecular complexity index is 897. The molecule has 2 aromatic carbocycles. The summed E-state index contributed by atoms with van der Waals surface area (Å²) in [6, 6.07) is 13.9. The van der Waals surface area contributed by atoms with Crippen molar-refractivity contribution in [1.29, 1.82) is 10.5 Å². The highest BCUT2D eigenvalue weighted by molar-refractivity contribution is 6.32. The summed E-state index contributed by atoms with van der Waals surface area (Å²) >= 11 is 6.06. The number of hydrogen-bond acceptors (Lipinski definition) is 4. The molecule has 124 valence electrons. The fourth-order valence-corrected chi connectivity index (χ4v) is 2.12.